The Morgan fingerprint density at radius 1 is 1.08 bits per heavy atom. The van der Waals surface area contributed by atoms with Crippen LogP contribution in [-0.2, 0) is 4.79 Å². The molecule has 2 saturated heterocycles. The molecule has 0 bridgehead atoms. The van der Waals surface area contributed by atoms with Gasteiger partial charge in [-0.15, -0.1) is 0 Å². The Kier molecular flexibility index (Phi) is 5.14. The Morgan fingerprint density at radius 2 is 1.71 bits per heavy atom. The highest BCUT2D eigenvalue weighted by atomic mass is 19.1. The molecule has 0 aliphatic carbocycles. The van der Waals surface area contributed by atoms with E-state index in [9.17, 15) is 14.0 Å². The largest absolute Gasteiger partial charge is 0.339 e. The smallest absolute Gasteiger partial charge is 0.253 e. The maximum atomic E-state index is 13.0. The fourth-order valence-corrected chi connectivity index (χ4v) is 3.52. The van der Waals surface area contributed by atoms with Crippen molar-refractivity contribution in [3.63, 3.8) is 0 Å². The molecule has 6 heteroatoms. The summed E-state index contributed by atoms with van der Waals surface area (Å²) in [6, 6.07) is 5.99. The minimum atomic E-state index is -0.349. The Labute approximate surface area is 141 Å². The molecule has 1 aromatic carbocycles. The number of amides is 2. The molecule has 24 heavy (non-hydrogen) atoms. The first-order valence-corrected chi connectivity index (χ1v) is 8.61. The molecule has 2 aliphatic heterocycles. The Balaban J connectivity index is 1.54. The quantitative estimate of drug-likeness (QED) is 0.892. The third-order valence-corrected chi connectivity index (χ3v) is 4.94. The van der Waals surface area contributed by atoms with Gasteiger partial charge in [-0.3, -0.25) is 9.59 Å². The molecule has 5 nitrogen and oxygen atoms in total. The summed E-state index contributed by atoms with van der Waals surface area (Å²) in [5.41, 5.74) is 0.489. The molecular weight excluding hydrogens is 309 g/mol. The summed E-state index contributed by atoms with van der Waals surface area (Å²) in [6.45, 7) is 5.21. The van der Waals surface area contributed by atoms with E-state index in [1.54, 1.807) is 4.90 Å². The predicted octanol–water partition coefficient (Wildman–Crippen LogP) is 1.50. The number of halogens is 1. The number of rotatable bonds is 2. The number of benzene rings is 1. The number of hydrogen-bond acceptors (Lipinski definition) is 3. The summed E-state index contributed by atoms with van der Waals surface area (Å²) in [5, 5.41) is 3.36. The second-order valence-corrected chi connectivity index (χ2v) is 6.70. The number of piperidine rings is 1. The fourth-order valence-electron chi connectivity index (χ4n) is 3.52. The Hall–Kier alpha value is -1.95. The van der Waals surface area contributed by atoms with E-state index in [0.717, 1.165) is 19.4 Å². The predicted molar refractivity (Wildman–Crippen MR) is 89.1 cm³/mol. The van der Waals surface area contributed by atoms with Crippen LogP contribution >= 0.6 is 0 Å². The molecule has 130 valence electrons. The number of piperazine rings is 1. The molecule has 0 radical (unpaired) electrons. The lowest BCUT2D eigenvalue weighted by atomic mass is 9.92. The fraction of sp³-hybridized carbons (Fsp3) is 0.556. The molecule has 2 fully saturated rings. The first kappa shape index (κ1) is 16.9. The number of nitrogens with zero attached hydrogens (tertiary/aromatic N) is 2. The van der Waals surface area contributed by atoms with Crippen molar-refractivity contribution in [3.05, 3.63) is 35.6 Å². The van der Waals surface area contributed by atoms with E-state index in [0.29, 0.717) is 37.8 Å². The van der Waals surface area contributed by atoms with Gasteiger partial charge in [-0.05, 0) is 50.6 Å². The van der Waals surface area contributed by atoms with Gasteiger partial charge in [0.15, 0.2) is 0 Å². The maximum Gasteiger partial charge on any atom is 0.253 e. The van der Waals surface area contributed by atoms with Crippen LogP contribution in [0.4, 0.5) is 4.39 Å². The SMILES string of the molecule is C[C@H]1C[C@@H](C(=O)N2CCN(C(=O)c3ccc(F)cc3)CC2)CCN1. The molecule has 1 N–H and O–H groups in total. The third-order valence-electron chi connectivity index (χ3n) is 4.94. The van der Waals surface area contributed by atoms with Gasteiger partial charge in [0.05, 0.1) is 0 Å². The molecule has 0 spiro atoms. The van der Waals surface area contributed by atoms with Gasteiger partial charge in [0, 0.05) is 43.7 Å². The normalized spacial score (nSPS) is 24.8. The van der Waals surface area contributed by atoms with Gasteiger partial charge in [-0.2, -0.15) is 0 Å². The van der Waals surface area contributed by atoms with Crippen LogP contribution in [0.2, 0.25) is 0 Å². The Morgan fingerprint density at radius 3 is 2.33 bits per heavy atom. The number of carbonyl (C=O) groups is 2. The van der Waals surface area contributed by atoms with E-state index in [-0.39, 0.29) is 23.5 Å². The first-order valence-electron chi connectivity index (χ1n) is 8.61. The topological polar surface area (TPSA) is 52.7 Å². The van der Waals surface area contributed by atoms with Crippen LogP contribution < -0.4 is 5.32 Å². The molecule has 0 unspecified atom stereocenters. The summed E-state index contributed by atoms with van der Waals surface area (Å²) in [7, 11) is 0. The van der Waals surface area contributed by atoms with Crippen molar-refractivity contribution in [1.82, 2.24) is 15.1 Å². The van der Waals surface area contributed by atoms with Gasteiger partial charge in [0.1, 0.15) is 5.82 Å². The van der Waals surface area contributed by atoms with Crippen LogP contribution in [-0.4, -0.2) is 60.4 Å². The molecule has 2 aliphatic rings. The number of carbonyl (C=O) groups excluding carboxylic acids is 2. The van der Waals surface area contributed by atoms with Crippen LogP contribution in [0.1, 0.15) is 30.1 Å². The van der Waals surface area contributed by atoms with Crippen molar-refractivity contribution < 1.29 is 14.0 Å². The van der Waals surface area contributed by atoms with E-state index in [4.69, 9.17) is 0 Å². The van der Waals surface area contributed by atoms with Crippen molar-refractivity contribution in [1.29, 1.82) is 0 Å². The van der Waals surface area contributed by atoms with Crippen LogP contribution in [0.3, 0.4) is 0 Å². The van der Waals surface area contributed by atoms with Crippen molar-refractivity contribution in [2.75, 3.05) is 32.7 Å². The average Bonchev–Trinajstić information content (AvgIpc) is 2.61. The zero-order valence-corrected chi connectivity index (χ0v) is 14.0. The van der Waals surface area contributed by atoms with Gasteiger partial charge in [-0.1, -0.05) is 0 Å². The van der Waals surface area contributed by atoms with E-state index in [1.165, 1.54) is 24.3 Å². The van der Waals surface area contributed by atoms with Gasteiger partial charge in [0.2, 0.25) is 5.91 Å². The van der Waals surface area contributed by atoms with Gasteiger partial charge in [0.25, 0.3) is 5.91 Å². The zero-order chi connectivity index (χ0) is 17.1. The molecule has 2 heterocycles. The second kappa shape index (κ2) is 7.30. The summed E-state index contributed by atoms with van der Waals surface area (Å²) < 4.78 is 13.0. The van der Waals surface area contributed by atoms with Crippen LogP contribution in [0.5, 0.6) is 0 Å². The molecular formula is C18H24FN3O2. The third kappa shape index (κ3) is 3.75. The molecule has 1 aromatic rings. The summed E-state index contributed by atoms with van der Waals surface area (Å²) in [4.78, 5) is 28.7. The summed E-state index contributed by atoms with van der Waals surface area (Å²) in [6.07, 6.45) is 1.77. The van der Waals surface area contributed by atoms with E-state index < -0.39 is 0 Å². The van der Waals surface area contributed by atoms with Gasteiger partial charge >= 0.3 is 0 Å². The van der Waals surface area contributed by atoms with E-state index in [2.05, 4.69) is 12.2 Å². The molecule has 0 saturated carbocycles. The monoisotopic (exact) mass is 333 g/mol. The highest BCUT2D eigenvalue weighted by molar-refractivity contribution is 5.94. The number of nitrogens with one attached hydrogen (secondary N) is 1. The molecule has 2 amide bonds. The van der Waals surface area contributed by atoms with E-state index in [1.807, 2.05) is 4.90 Å². The van der Waals surface area contributed by atoms with Crippen LogP contribution in [0.25, 0.3) is 0 Å². The van der Waals surface area contributed by atoms with Crippen molar-refractivity contribution in [2.45, 2.75) is 25.8 Å². The lowest BCUT2D eigenvalue weighted by Crippen LogP contribution is -2.53. The second-order valence-electron chi connectivity index (χ2n) is 6.70. The van der Waals surface area contributed by atoms with E-state index >= 15 is 0 Å². The van der Waals surface area contributed by atoms with Crippen molar-refractivity contribution in [2.24, 2.45) is 5.92 Å². The highest BCUT2D eigenvalue weighted by Crippen LogP contribution is 2.20. The van der Waals surface area contributed by atoms with Crippen LogP contribution in [0.15, 0.2) is 24.3 Å². The zero-order valence-electron chi connectivity index (χ0n) is 14.0. The molecule has 3 rings (SSSR count). The minimum absolute atomic E-state index is 0.0978. The molecule has 0 aromatic heterocycles. The van der Waals surface area contributed by atoms with Crippen LogP contribution in [0, 0.1) is 11.7 Å². The molecule has 2 atom stereocenters. The van der Waals surface area contributed by atoms with Crippen molar-refractivity contribution >= 4 is 11.8 Å². The lowest BCUT2D eigenvalue weighted by molar-refractivity contribution is -0.138. The standard InChI is InChI=1S/C18H24FN3O2/c1-13-12-15(6-7-20-13)18(24)22-10-8-21(9-11-22)17(23)14-2-4-16(19)5-3-14/h2-5,13,15,20H,6-12H2,1H3/t13-,15-/m0/s1. The maximum absolute atomic E-state index is 13.0. The summed E-state index contributed by atoms with van der Waals surface area (Å²) in [5.74, 6) is -0.131. The van der Waals surface area contributed by atoms with Gasteiger partial charge < -0.3 is 15.1 Å². The number of hydrogen-bond donors (Lipinski definition) is 1. The van der Waals surface area contributed by atoms with Crippen molar-refractivity contribution in [3.8, 4) is 0 Å². The lowest BCUT2D eigenvalue weighted by Gasteiger charge is -2.38. The van der Waals surface area contributed by atoms with Gasteiger partial charge in [-0.25, -0.2) is 4.39 Å². The average molecular weight is 333 g/mol. The minimum Gasteiger partial charge on any atom is -0.339 e. The Bertz CT molecular complexity index is 597. The summed E-state index contributed by atoms with van der Waals surface area (Å²) >= 11 is 0. The first-order chi connectivity index (χ1) is 11.5. The highest BCUT2D eigenvalue weighted by Gasteiger charge is 2.31.